The van der Waals surface area contributed by atoms with Crippen molar-refractivity contribution in [1.29, 1.82) is 0 Å². The van der Waals surface area contributed by atoms with Crippen LogP contribution >= 0.6 is 12.4 Å². The Morgan fingerprint density at radius 3 is 2.55 bits per heavy atom. The van der Waals surface area contributed by atoms with Gasteiger partial charge in [-0.2, -0.15) is 0 Å². The number of nitrogens with one attached hydrogen (secondary N) is 2. The van der Waals surface area contributed by atoms with E-state index < -0.39 is 0 Å². The lowest BCUT2D eigenvalue weighted by Crippen LogP contribution is -2.42. The van der Waals surface area contributed by atoms with E-state index in [1.807, 2.05) is 6.07 Å². The Labute approximate surface area is 140 Å². The van der Waals surface area contributed by atoms with Crippen LogP contribution in [0.1, 0.15) is 44.6 Å². The second kappa shape index (κ2) is 10.6. The first-order chi connectivity index (χ1) is 10.3. The molecule has 4 heteroatoms. The fraction of sp³-hybridized carbons (Fsp3) is 0.611. The van der Waals surface area contributed by atoms with E-state index in [0.717, 1.165) is 51.6 Å². The van der Waals surface area contributed by atoms with E-state index in [2.05, 4.69) is 41.8 Å². The molecule has 0 bridgehead atoms. The third-order valence-electron chi connectivity index (χ3n) is 4.32. The third kappa shape index (κ3) is 6.37. The van der Waals surface area contributed by atoms with E-state index in [0.29, 0.717) is 6.04 Å². The second-order valence-corrected chi connectivity index (χ2v) is 6.04. The highest BCUT2D eigenvalue weighted by Crippen LogP contribution is 2.14. The SMILES string of the molecule is CCCC(CCc1ccccc1)NC(=O)C1CCNCC1.Cl. The van der Waals surface area contributed by atoms with Crippen molar-refractivity contribution in [1.82, 2.24) is 10.6 Å². The Morgan fingerprint density at radius 1 is 1.23 bits per heavy atom. The van der Waals surface area contributed by atoms with Gasteiger partial charge in [0.2, 0.25) is 5.91 Å². The number of carbonyl (C=O) groups excluding carboxylic acids is 1. The second-order valence-electron chi connectivity index (χ2n) is 6.04. The topological polar surface area (TPSA) is 41.1 Å². The predicted octanol–water partition coefficient (Wildman–Crippen LogP) is 3.33. The standard InChI is InChI=1S/C18H28N2O.ClH/c1-2-6-17(10-9-15-7-4-3-5-8-15)20-18(21)16-11-13-19-14-12-16;/h3-5,7-8,16-17,19H,2,6,9-14H2,1H3,(H,20,21);1H. The Kier molecular flexibility index (Phi) is 9.17. The van der Waals surface area contributed by atoms with Crippen LogP contribution in [0, 0.1) is 5.92 Å². The number of carbonyl (C=O) groups is 1. The normalized spacial score (nSPS) is 16.6. The molecule has 1 amide bonds. The molecule has 124 valence electrons. The van der Waals surface area contributed by atoms with Crippen molar-refractivity contribution in [3.8, 4) is 0 Å². The highest BCUT2D eigenvalue weighted by atomic mass is 35.5. The number of halogens is 1. The van der Waals surface area contributed by atoms with Gasteiger partial charge in [0.05, 0.1) is 0 Å². The van der Waals surface area contributed by atoms with Crippen LogP contribution in [-0.4, -0.2) is 25.0 Å². The van der Waals surface area contributed by atoms with Crippen molar-refractivity contribution in [2.75, 3.05) is 13.1 Å². The zero-order valence-corrected chi connectivity index (χ0v) is 14.3. The maximum absolute atomic E-state index is 12.4. The summed E-state index contributed by atoms with van der Waals surface area (Å²) >= 11 is 0. The summed E-state index contributed by atoms with van der Waals surface area (Å²) in [6.45, 7) is 4.13. The van der Waals surface area contributed by atoms with Gasteiger partial charge in [-0.1, -0.05) is 43.7 Å². The number of benzene rings is 1. The van der Waals surface area contributed by atoms with Crippen molar-refractivity contribution >= 4 is 18.3 Å². The third-order valence-corrected chi connectivity index (χ3v) is 4.32. The number of piperidine rings is 1. The first-order valence-electron chi connectivity index (χ1n) is 8.34. The molecular weight excluding hydrogens is 296 g/mol. The summed E-state index contributed by atoms with van der Waals surface area (Å²) in [6, 6.07) is 10.9. The van der Waals surface area contributed by atoms with E-state index in [1.54, 1.807) is 0 Å². The van der Waals surface area contributed by atoms with Gasteiger partial charge in [-0.05, 0) is 50.8 Å². The maximum Gasteiger partial charge on any atom is 0.223 e. The summed E-state index contributed by atoms with van der Waals surface area (Å²) in [5.41, 5.74) is 1.36. The molecule has 0 radical (unpaired) electrons. The van der Waals surface area contributed by atoms with Gasteiger partial charge in [-0.25, -0.2) is 0 Å². The minimum atomic E-state index is 0. The number of hydrogen-bond donors (Lipinski definition) is 2. The van der Waals surface area contributed by atoms with Crippen molar-refractivity contribution in [3.05, 3.63) is 35.9 Å². The van der Waals surface area contributed by atoms with E-state index in [9.17, 15) is 4.79 Å². The average Bonchev–Trinajstić information content (AvgIpc) is 2.54. The predicted molar refractivity (Wildman–Crippen MR) is 94.4 cm³/mol. The molecule has 22 heavy (non-hydrogen) atoms. The molecule has 0 spiro atoms. The summed E-state index contributed by atoms with van der Waals surface area (Å²) in [4.78, 5) is 12.4. The van der Waals surface area contributed by atoms with Crippen LogP contribution in [0.25, 0.3) is 0 Å². The minimum Gasteiger partial charge on any atom is -0.353 e. The van der Waals surface area contributed by atoms with Crippen molar-refractivity contribution in [3.63, 3.8) is 0 Å². The van der Waals surface area contributed by atoms with Crippen molar-refractivity contribution < 1.29 is 4.79 Å². The van der Waals surface area contributed by atoms with Crippen molar-refractivity contribution in [2.24, 2.45) is 5.92 Å². The molecular formula is C18H29ClN2O. The molecule has 0 saturated carbocycles. The van der Waals surface area contributed by atoms with Gasteiger partial charge in [0, 0.05) is 12.0 Å². The maximum atomic E-state index is 12.4. The molecule has 1 aromatic carbocycles. The zero-order valence-electron chi connectivity index (χ0n) is 13.5. The van der Waals surface area contributed by atoms with Crippen LogP contribution in [-0.2, 0) is 11.2 Å². The lowest BCUT2D eigenvalue weighted by atomic mass is 9.95. The molecule has 2 N–H and O–H groups in total. The Balaban J connectivity index is 0.00000242. The summed E-state index contributed by atoms with van der Waals surface area (Å²) in [7, 11) is 0. The summed E-state index contributed by atoms with van der Waals surface area (Å²) < 4.78 is 0. The molecule has 1 atom stereocenters. The van der Waals surface area contributed by atoms with E-state index in [-0.39, 0.29) is 24.2 Å². The van der Waals surface area contributed by atoms with Crippen LogP contribution < -0.4 is 10.6 Å². The van der Waals surface area contributed by atoms with Crippen LogP contribution in [0.3, 0.4) is 0 Å². The van der Waals surface area contributed by atoms with E-state index in [1.165, 1.54) is 5.56 Å². The molecule has 1 aliphatic rings. The molecule has 1 aromatic rings. The number of hydrogen-bond acceptors (Lipinski definition) is 2. The molecule has 1 heterocycles. The highest BCUT2D eigenvalue weighted by Gasteiger charge is 2.22. The van der Waals surface area contributed by atoms with Gasteiger partial charge in [0.1, 0.15) is 0 Å². The van der Waals surface area contributed by atoms with Crippen molar-refractivity contribution in [2.45, 2.75) is 51.5 Å². The van der Waals surface area contributed by atoms with Crippen LogP contribution in [0.15, 0.2) is 30.3 Å². The van der Waals surface area contributed by atoms with Gasteiger partial charge in [0.15, 0.2) is 0 Å². The van der Waals surface area contributed by atoms with Gasteiger partial charge in [0.25, 0.3) is 0 Å². The molecule has 1 unspecified atom stereocenters. The Bertz CT molecular complexity index is 418. The minimum absolute atomic E-state index is 0. The van der Waals surface area contributed by atoms with Gasteiger partial charge in [-0.15, -0.1) is 12.4 Å². The fourth-order valence-electron chi connectivity index (χ4n) is 3.03. The largest absolute Gasteiger partial charge is 0.353 e. The molecule has 2 rings (SSSR count). The lowest BCUT2D eigenvalue weighted by molar-refractivity contribution is -0.126. The zero-order chi connectivity index (χ0) is 14.9. The van der Waals surface area contributed by atoms with E-state index >= 15 is 0 Å². The lowest BCUT2D eigenvalue weighted by Gasteiger charge is -2.25. The van der Waals surface area contributed by atoms with Gasteiger partial charge < -0.3 is 10.6 Å². The molecule has 0 aliphatic carbocycles. The number of rotatable bonds is 7. The van der Waals surface area contributed by atoms with Crippen LogP contribution in [0.2, 0.25) is 0 Å². The average molecular weight is 325 g/mol. The smallest absolute Gasteiger partial charge is 0.223 e. The molecule has 1 aliphatic heterocycles. The number of amides is 1. The monoisotopic (exact) mass is 324 g/mol. The Morgan fingerprint density at radius 2 is 1.91 bits per heavy atom. The van der Waals surface area contributed by atoms with Gasteiger partial charge >= 0.3 is 0 Å². The van der Waals surface area contributed by atoms with Gasteiger partial charge in [-0.3, -0.25) is 4.79 Å². The molecule has 3 nitrogen and oxygen atoms in total. The molecule has 1 fully saturated rings. The Hall–Kier alpha value is -1.06. The van der Waals surface area contributed by atoms with Crippen LogP contribution in [0.5, 0.6) is 0 Å². The fourth-order valence-corrected chi connectivity index (χ4v) is 3.03. The summed E-state index contributed by atoms with van der Waals surface area (Å²) in [6.07, 6.45) is 6.22. The quantitative estimate of drug-likeness (QED) is 0.807. The number of aryl methyl sites for hydroxylation is 1. The van der Waals surface area contributed by atoms with E-state index in [4.69, 9.17) is 0 Å². The first-order valence-corrected chi connectivity index (χ1v) is 8.34. The summed E-state index contributed by atoms with van der Waals surface area (Å²) in [5.74, 6) is 0.477. The van der Waals surface area contributed by atoms with Crippen LogP contribution in [0.4, 0.5) is 0 Å². The highest BCUT2D eigenvalue weighted by molar-refractivity contribution is 5.85. The summed E-state index contributed by atoms with van der Waals surface area (Å²) in [5, 5.41) is 6.61. The molecule has 0 aromatic heterocycles. The first kappa shape index (κ1) is 19.0. The molecule has 1 saturated heterocycles.